The van der Waals surface area contributed by atoms with E-state index in [1.807, 2.05) is 31.2 Å². The minimum Gasteiger partial charge on any atom is -0.492 e. The van der Waals surface area contributed by atoms with E-state index in [0.29, 0.717) is 19.6 Å². The first-order valence-electron chi connectivity index (χ1n) is 7.07. The minimum atomic E-state index is -0.371. The van der Waals surface area contributed by atoms with Crippen LogP contribution < -0.4 is 10.1 Å². The summed E-state index contributed by atoms with van der Waals surface area (Å²) in [6.45, 7) is 2.88. The van der Waals surface area contributed by atoms with E-state index < -0.39 is 0 Å². The SMILES string of the molecule is CCCC1C(=O)NCC(=O)N1CCOc1ccc(Br)cc1. The normalized spacial score (nSPS) is 18.6. The van der Waals surface area contributed by atoms with Crippen molar-refractivity contribution in [2.75, 3.05) is 19.7 Å². The number of rotatable bonds is 6. The number of nitrogens with zero attached hydrogens (tertiary/aromatic N) is 1. The monoisotopic (exact) mass is 354 g/mol. The first-order chi connectivity index (χ1) is 10.1. The second-order valence-corrected chi connectivity index (χ2v) is 5.83. The van der Waals surface area contributed by atoms with E-state index >= 15 is 0 Å². The Kier molecular flexibility index (Phi) is 5.61. The van der Waals surface area contributed by atoms with Crippen molar-refractivity contribution >= 4 is 27.7 Å². The number of piperazine rings is 1. The molecule has 1 N–H and O–H groups in total. The standard InChI is InChI=1S/C15H19BrN2O3/c1-2-3-13-15(20)17-10-14(19)18(13)8-9-21-12-6-4-11(16)5-7-12/h4-7,13H,2-3,8-10H2,1H3,(H,17,20). The lowest BCUT2D eigenvalue weighted by Gasteiger charge is -2.34. The molecule has 5 nitrogen and oxygen atoms in total. The van der Waals surface area contributed by atoms with Gasteiger partial charge in [0, 0.05) is 4.47 Å². The van der Waals surface area contributed by atoms with Gasteiger partial charge in [-0.1, -0.05) is 29.3 Å². The topological polar surface area (TPSA) is 58.6 Å². The molecule has 6 heteroatoms. The fourth-order valence-electron chi connectivity index (χ4n) is 2.33. The molecule has 1 saturated heterocycles. The summed E-state index contributed by atoms with van der Waals surface area (Å²) in [5, 5.41) is 2.63. The van der Waals surface area contributed by atoms with Gasteiger partial charge in [0.05, 0.1) is 13.1 Å². The summed E-state index contributed by atoms with van der Waals surface area (Å²) < 4.78 is 6.61. The van der Waals surface area contributed by atoms with Crippen LogP contribution in [0, 0.1) is 0 Å². The van der Waals surface area contributed by atoms with Crippen LogP contribution in [0.1, 0.15) is 19.8 Å². The number of ether oxygens (including phenoxy) is 1. The van der Waals surface area contributed by atoms with Gasteiger partial charge in [-0.05, 0) is 30.7 Å². The van der Waals surface area contributed by atoms with Crippen LogP contribution in [0.4, 0.5) is 0 Å². The largest absolute Gasteiger partial charge is 0.492 e. The summed E-state index contributed by atoms with van der Waals surface area (Å²) in [5.74, 6) is 0.631. The zero-order valence-corrected chi connectivity index (χ0v) is 13.6. The van der Waals surface area contributed by atoms with E-state index in [0.717, 1.165) is 16.6 Å². The molecule has 1 atom stereocenters. The molecule has 1 aliphatic rings. The molecule has 1 aromatic rings. The summed E-state index contributed by atoms with van der Waals surface area (Å²) in [4.78, 5) is 25.4. The summed E-state index contributed by atoms with van der Waals surface area (Å²) in [6.07, 6.45) is 1.53. The highest BCUT2D eigenvalue weighted by molar-refractivity contribution is 9.10. The lowest BCUT2D eigenvalue weighted by molar-refractivity contribution is -0.146. The number of carbonyl (C=O) groups excluding carboxylic acids is 2. The summed E-state index contributed by atoms with van der Waals surface area (Å²) in [5.41, 5.74) is 0. The second-order valence-electron chi connectivity index (χ2n) is 4.91. The molecule has 1 aliphatic heterocycles. The van der Waals surface area contributed by atoms with Crippen molar-refractivity contribution in [1.29, 1.82) is 0 Å². The molecule has 0 saturated carbocycles. The predicted molar refractivity (Wildman–Crippen MR) is 83.1 cm³/mol. The van der Waals surface area contributed by atoms with Gasteiger partial charge in [0.15, 0.2) is 0 Å². The lowest BCUT2D eigenvalue weighted by Crippen LogP contribution is -2.59. The van der Waals surface area contributed by atoms with Crippen LogP contribution in [-0.4, -0.2) is 42.5 Å². The molecule has 2 rings (SSSR count). The molecule has 21 heavy (non-hydrogen) atoms. The molecule has 1 heterocycles. The number of hydrogen-bond donors (Lipinski definition) is 1. The van der Waals surface area contributed by atoms with Crippen molar-refractivity contribution in [1.82, 2.24) is 10.2 Å². The van der Waals surface area contributed by atoms with Gasteiger partial charge in [-0.2, -0.15) is 0 Å². The van der Waals surface area contributed by atoms with E-state index in [9.17, 15) is 9.59 Å². The Labute approximate surface area is 132 Å². The molecule has 0 aliphatic carbocycles. The maximum atomic E-state index is 12.0. The van der Waals surface area contributed by atoms with E-state index in [2.05, 4.69) is 21.2 Å². The van der Waals surface area contributed by atoms with Gasteiger partial charge in [0.2, 0.25) is 11.8 Å². The van der Waals surface area contributed by atoms with Crippen molar-refractivity contribution in [2.24, 2.45) is 0 Å². The fraction of sp³-hybridized carbons (Fsp3) is 0.467. The highest BCUT2D eigenvalue weighted by Gasteiger charge is 2.33. The zero-order chi connectivity index (χ0) is 15.2. The van der Waals surface area contributed by atoms with Crippen LogP contribution >= 0.6 is 15.9 Å². The third kappa shape index (κ3) is 4.20. The van der Waals surface area contributed by atoms with Crippen molar-refractivity contribution in [3.8, 4) is 5.75 Å². The summed E-state index contributed by atoms with van der Waals surface area (Å²) >= 11 is 3.36. The van der Waals surface area contributed by atoms with Gasteiger partial charge < -0.3 is 15.0 Å². The lowest BCUT2D eigenvalue weighted by atomic mass is 10.1. The van der Waals surface area contributed by atoms with Crippen LogP contribution in [0.3, 0.4) is 0 Å². The Hall–Kier alpha value is -1.56. The molecule has 1 unspecified atom stereocenters. The highest BCUT2D eigenvalue weighted by Crippen LogP contribution is 2.17. The Morgan fingerprint density at radius 3 is 2.71 bits per heavy atom. The number of carbonyl (C=O) groups is 2. The molecule has 1 fully saturated rings. The Morgan fingerprint density at radius 1 is 1.33 bits per heavy atom. The van der Waals surface area contributed by atoms with Gasteiger partial charge in [0.25, 0.3) is 0 Å². The molecule has 0 bridgehead atoms. The van der Waals surface area contributed by atoms with Gasteiger partial charge in [-0.15, -0.1) is 0 Å². The van der Waals surface area contributed by atoms with E-state index in [4.69, 9.17) is 4.74 Å². The third-order valence-electron chi connectivity index (χ3n) is 3.39. The van der Waals surface area contributed by atoms with E-state index in [1.165, 1.54) is 0 Å². The van der Waals surface area contributed by atoms with Crippen molar-refractivity contribution in [3.05, 3.63) is 28.7 Å². The molecule has 114 valence electrons. The molecular weight excluding hydrogens is 336 g/mol. The minimum absolute atomic E-state index is 0.0487. The summed E-state index contributed by atoms with van der Waals surface area (Å²) in [6, 6.07) is 7.14. The Morgan fingerprint density at radius 2 is 2.05 bits per heavy atom. The number of hydrogen-bond acceptors (Lipinski definition) is 3. The maximum absolute atomic E-state index is 12.0. The van der Waals surface area contributed by atoms with Crippen LogP contribution in [0.2, 0.25) is 0 Å². The van der Waals surface area contributed by atoms with Gasteiger partial charge in [-0.25, -0.2) is 0 Å². The second kappa shape index (κ2) is 7.45. The zero-order valence-electron chi connectivity index (χ0n) is 12.0. The number of nitrogens with one attached hydrogen (secondary N) is 1. The van der Waals surface area contributed by atoms with Gasteiger partial charge in [0.1, 0.15) is 18.4 Å². The Balaban J connectivity index is 1.91. The number of halogens is 1. The molecule has 2 amide bonds. The molecule has 0 aromatic heterocycles. The predicted octanol–water partition coefficient (Wildman–Crippen LogP) is 1.95. The molecule has 0 spiro atoms. The van der Waals surface area contributed by atoms with E-state index in [-0.39, 0.29) is 24.4 Å². The quantitative estimate of drug-likeness (QED) is 0.849. The third-order valence-corrected chi connectivity index (χ3v) is 3.92. The Bertz CT molecular complexity index is 504. The first kappa shape index (κ1) is 15.8. The molecule has 0 radical (unpaired) electrons. The average molecular weight is 355 g/mol. The van der Waals surface area contributed by atoms with Crippen molar-refractivity contribution in [2.45, 2.75) is 25.8 Å². The van der Waals surface area contributed by atoms with Crippen LogP contribution in [0.15, 0.2) is 28.7 Å². The van der Waals surface area contributed by atoms with Gasteiger partial charge in [-0.3, -0.25) is 9.59 Å². The number of amides is 2. The van der Waals surface area contributed by atoms with Crippen molar-refractivity contribution < 1.29 is 14.3 Å². The van der Waals surface area contributed by atoms with Crippen LogP contribution in [-0.2, 0) is 9.59 Å². The van der Waals surface area contributed by atoms with Gasteiger partial charge >= 0.3 is 0 Å². The van der Waals surface area contributed by atoms with E-state index in [1.54, 1.807) is 4.90 Å². The fourth-order valence-corrected chi connectivity index (χ4v) is 2.60. The summed E-state index contributed by atoms with van der Waals surface area (Å²) in [7, 11) is 0. The van der Waals surface area contributed by atoms with Crippen LogP contribution in [0.25, 0.3) is 0 Å². The smallest absolute Gasteiger partial charge is 0.243 e. The number of benzene rings is 1. The van der Waals surface area contributed by atoms with Crippen molar-refractivity contribution in [3.63, 3.8) is 0 Å². The average Bonchev–Trinajstić information content (AvgIpc) is 2.48. The maximum Gasteiger partial charge on any atom is 0.243 e. The molecule has 1 aromatic carbocycles. The van der Waals surface area contributed by atoms with Crippen LogP contribution in [0.5, 0.6) is 5.75 Å². The molecular formula is C15H19BrN2O3. The first-order valence-corrected chi connectivity index (χ1v) is 7.86. The highest BCUT2D eigenvalue weighted by atomic mass is 79.9.